The van der Waals surface area contributed by atoms with Gasteiger partial charge in [-0.05, 0) is 58.6 Å². The van der Waals surface area contributed by atoms with E-state index in [1.807, 2.05) is 20.8 Å². The van der Waals surface area contributed by atoms with E-state index >= 15 is 0 Å². The van der Waals surface area contributed by atoms with Gasteiger partial charge in [0.25, 0.3) is 10.0 Å². The quantitative estimate of drug-likeness (QED) is 0.664. The van der Waals surface area contributed by atoms with Crippen molar-refractivity contribution in [1.29, 1.82) is 0 Å². The molecule has 2 aliphatic heterocycles. The van der Waals surface area contributed by atoms with Gasteiger partial charge < -0.3 is 15.5 Å². The number of hydrogen-bond donors (Lipinski definition) is 2. The number of hydrogen-bond acceptors (Lipinski definition) is 5. The van der Waals surface area contributed by atoms with Gasteiger partial charge in [0.05, 0.1) is 11.4 Å². The van der Waals surface area contributed by atoms with Crippen LogP contribution in [0.2, 0.25) is 0 Å². The molecule has 0 amide bonds. The van der Waals surface area contributed by atoms with E-state index in [1.165, 1.54) is 0 Å². The van der Waals surface area contributed by atoms with Crippen molar-refractivity contribution in [2.75, 3.05) is 16.8 Å². The van der Waals surface area contributed by atoms with Gasteiger partial charge in [0, 0.05) is 24.0 Å². The number of halogens is 4. The molecule has 172 valence electrons. The van der Waals surface area contributed by atoms with E-state index in [0.29, 0.717) is 6.42 Å². The molecule has 11 heteroatoms. The van der Waals surface area contributed by atoms with Crippen LogP contribution in [0.3, 0.4) is 0 Å². The zero-order valence-electron chi connectivity index (χ0n) is 17.6. The minimum Gasteiger partial charge on any atom is -0.358 e. The van der Waals surface area contributed by atoms with Crippen LogP contribution in [0.4, 0.5) is 28.9 Å². The minimum absolute atomic E-state index is 0.00541. The lowest BCUT2D eigenvalue weighted by Crippen LogP contribution is -2.57. The number of anilines is 2. The monoisotopic (exact) mass is 462 g/mol. The number of alkyl halides is 3. The standard InChI is InChI=1S/C20H26F4N4O2S/c1-19(2,3)26-13-6-7-28(16(10-13)20(22,23)24)14-8-12(21)9-15-17(14)25-18(11-4-5-11)27-31(15,29)30/h8-9,11,13,16,26H,4-7,10H2,1-3H3,(H,25,27)/t13-,16+/m1/s1. The van der Waals surface area contributed by atoms with Gasteiger partial charge in [-0.3, -0.25) is 0 Å². The molecule has 1 saturated carbocycles. The Balaban J connectivity index is 1.75. The molecule has 1 aromatic carbocycles. The van der Waals surface area contributed by atoms with E-state index in [-0.39, 0.29) is 47.7 Å². The molecule has 1 saturated heterocycles. The van der Waals surface area contributed by atoms with Gasteiger partial charge in [-0.25, -0.2) is 4.39 Å². The number of piperidine rings is 1. The van der Waals surface area contributed by atoms with Gasteiger partial charge in [-0.15, -0.1) is 4.40 Å². The Hall–Kier alpha value is -1.88. The summed E-state index contributed by atoms with van der Waals surface area (Å²) in [6, 6.07) is -0.453. The lowest BCUT2D eigenvalue weighted by molar-refractivity contribution is -0.154. The average molecular weight is 463 g/mol. The number of sulfonamides is 1. The Kier molecular flexibility index (Phi) is 5.28. The molecule has 3 aliphatic rings. The fourth-order valence-corrected chi connectivity index (χ4v) is 5.52. The molecule has 4 rings (SSSR count). The molecule has 31 heavy (non-hydrogen) atoms. The topological polar surface area (TPSA) is 73.8 Å². The lowest BCUT2D eigenvalue weighted by atomic mass is 9.93. The van der Waals surface area contributed by atoms with Crippen LogP contribution in [0, 0.1) is 11.7 Å². The van der Waals surface area contributed by atoms with Gasteiger partial charge >= 0.3 is 6.18 Å². The molecule has 2 N–H and O–H groups in total. The van der Waals surface area contributed by atoms with Crippen LogP contribution in [0.1, 0.15) is 46.5 Å². The van der Waals surface area contributed by atoms with Gasteiger partial charge in [0.1, 0.15) is 22.6 Å². The third kappa shape index (κ3) is 4.67. The SMILES string of the molecule is CC(C)(C)N[C@@H]1CCN(c2cc(F)cc3c2NC(C2CC2)=NS3(=O)=O)[C@H](C(F)(F)F)C1. The molecule has 2 atom stereocenters. The van der Waals surface area contributed by atoms with E-state index in [1.54, 1.807) is 0 Å². The molecule has 0 spiro atoms. The van der Waals surface area contributed by atoms with E-state index in [9.17, 15) is 26.0 Å². The minimum atomic E-state index is -4.57. The summed E-state index contributed by atoms with van der Waals surface area (Å²) in [5.74, 6) is -0.769. The third-order valence-electron chi connectivity index (χ3n) is 5.69. The highest BCUT2D eigenvalue weighted by atomic mass is 32.2. The molecular formula is C20H26F4N4O2S. The smallest absolute Gasteiger partial charge is 0.358 e. The van der Waals surface area contributed by atoms with Crippen molar-refractivity contribution in [1.82, 2.24) is 5.32 Å². The predicted octanol–water partition coefficient (Wildman–Crippen LogP) is 4.04. The summed E-state index contributed by atoms with van der Waals surface area (Å²) in [6.07, 6.45) is -2.88. The van der Waals surface area contributed by atoms with Crippen LogP contribution in [-0.4, -0.2) is 44.6 Å². The van der Waals surface area contributed by atoms with Crippen molar-refractivity contribution >= 4 is 27.2 Å². The Morgan fingerprint density at radius 1 is 1.16 bits per heavy atom. The fraction of sp³-hybridized carbons (Fsp3) is 0.650. The van der Waals surface area contributed by atoms with Crippen molar-refractivity contribution in [2.24, 2.45) is 10.3 Å². The molecule has 0 aromatic heterocycles. The second-order valence-corrected chi connectivity index (χ2v) is 11.1. The zero-order chi connectivity index (χ0) is 22.8. The Morgan fingerprint density at radius 3 is 2.42 bits per heavy atom. The third-order valence-corrected chi connectivity index (χ3v) is 7.00. The van der Waals surface area contributed by atoms with Crippen molar-refractivity contribution in [3.05, 3.63) is 17.9 Å². The normalized spacial score (nSPS) is 26.2. The second kappa shape index (κ2) is 7.33. The fourth-order valence-electron chi connectivity index (χ4n) is 4.29. The first kappa shape index (κ1) is 22.3. The Morgan fingerprint density at radius 2 is 1.84 bits per heavy atom. The maximum Gasteiger partial charge on any atom is 0.408 e. The van der Waals surface area contributed by atoms with E-state index in [4.69, 9.17) is 0 Å². The number of benzene rings is 1. The first-order valence-electron chi connectivity index (χ1n) is 10.3. The van der Waals surface area contributed by atoms with E-state index in [2.05, 4.69) is 15.0 Å². The van der Waals surface area contributed by atoms with Crippen molar-refractivity contribution in [3.8, 4) is 0 Å². The number of amidine groups is 1. The van der Waals surface area contributed by atoms with Crippen LogP contribution < -0.4 is 15.5 Å². The number of fused-ring (bicyclic) bond motifs is 1. The first-order chi connectivity index (χ1) is 14.2. The van der Waals surface area contributed by atoms with E-state index in [0.717, 1.165) is 29.9 Å². The summed E-state index contributed by atoms with van der Waals surface area (Å²) < 4.78 is 85.6. The molecule has 0 unspecified atom stereocenters. The first-order valence-corrected chi connectivity index (χ1v) is 11.7. The number of nitrogens with zero attached hydrogens (tertiary/aromatic N) is 2. The van der Waals surface area contributed by atoms with Gasteiger partial charge in [0.15, 0.2) is 0 Å². The maximum absolute atomic E-state index is 14.4. The van der Waals surface area contributed by atoms with Crippen LogP contribution in [-0.2, 0) is 10.0 Å². The zero-order valence-corrected chi connectivity index (χ0v) is 18.4. The maximum atomic E-state index is 14.4. The molecule has 1 aliphatic carbocycles. The van der Waals surface area contributed by atoms with Crippen LogP contribution in [0.5, 0.6) is 0 Å². The number of nitrogens with one attached hydrogen (secondary N) is 2. The summed E-state index contributed by atoms with van der Waals surface area (Å²) in [5, 5.41) is 6.13. The molecule has 2 fully saturated rings. The van der Waals surface area contributed by atoms with Crippen molar-refractivity contribution in [2.45, 2.75) is 75.1 Å². The average Bonchev–Trinajstić information content (AvgIpc) is 3.44. The lowest BCUT2D eigenvalue weighted by Gasteiger charge is -2.44. The van der Waals surface area contributed by atoms with E-state index < -0.39 is 33.0 Å². The second-order valence-electron chi connectivity index (χ2n) is 9.52. The summed E-state index contributed by atoms with van der Waals surface area (Å²) in [7, 11) is -4.20. The van der Waals surface area contributed by atoms with Gasteiger partial charge in [-0.2, -0.15) is 21.6 Å². The van der Waals surface area contributed by atoms with Crippen molar-refractivity contribution in [3.63, 3.8) is 0 Å². The molecule has 0 radical (unpaired) electrons. The van der Waals surface area contributed by atoms with Crippen LogP contribution >= 0.6 is 0 Å². The Bertz CT molecular complexity index is 1010. The molecule has 6 nitrogen and oxygen atoms in total. The Labute approximate surface area is 179 Å². The summed E-state index contributed by atoms with van der Waals surface area (Å²) in [4.78, 5) is 0.656. The highest BCUT2D eigenvalue weighted by Crippen LogP contribution is 2.44. The number of rotatable bonds is 3. The largest absolute Gasteiger partial charge is 0.408 e. The summed E-state index contributed by atoms with van der Waals surface area (Å²) in [5.41, 5.74) is -0.468. The molecule has 2 heterocycles. The summed E-state index contributed by atoms with van der Waals surface area (Å²) in [6.45, 7) is 5.67. The van der Waals surface area contributed by atoms with Crippen LogP contribution in [0.25, 0.3) is 0 Å². The molecular weight excluding hydrogens is 436 g/mol. The van der Waals surface area contributed by atoms with Crippen LogP contribution in [0.15, 0.2) is 21.4 Å². The molecule has 1 aromatic rings. The van der Waals surface area contributed by atoms with Gasteiger partial charge in [0.2, 0.25) is 0 Å². The summed E-state index contributed by atoms with van der Waals surface area (Å²) >= 11 is 0. The molecule has 0 bridgehead atoms. The van der Waals surface area contributed by atoms with Crippen molar-refractivity contribution < 1.29 is 26.0 Å². The van der Waals surface area contributed by atoms with Gasteiger partial charge in [-0.1, -0.05) is 0 Å². The predicted molar refractivity (Wildman–Crippen MR) is 110 cm³/mol. The highest BCUT2D eigenvalue weighted by molar-refractivity contribution is 7.90. The highest BCUT2D eigenvalue weighted by Gasteiger charge is 2.48.